The summed E-state index contributed by atoms with van der Waals surface area (Å²) in [6.07, 6.45) is 0. The lowest BCUT2D eigenvalue weighted by molar-refractivity contribution is -0.112. The fraction of sp³-hybridized carbons (Fsp3) is 0.308. The summed E-state index contributed by atoms with van der Waals surface area (Å²) in [5.74, 6) is -0.224. The predicted octanol–water partition coefficient (Wildman–Crippen LogP) is 3.16. The Morgan fingerprint density at radius 3 is 2.30 bits per heavy atom. The zero-order valence-electron chi connectivity index (χ0n) is 10.7. The van der Waals surface area contributed by atoms with Gasteiger partial charge in [0, 0.05) is 29.2 Å². The molecule has 3 nitrogen and oxygen atoms in total. The minimum Gasteiger partial charge on any atom is -0.322 e. The minimum atomic E-state index is -4.30. The molecule has 0 radical (unpaired) electrons. The summed E-state index contributed by atoms with van der Waals surface area (Å²) in [5.41, 5.74) is -2.12. The molecule has 7 heteroatoms. The maximum absolute atomic E-state index is 12.2. The van der Waals surface area contributed by atoms with E-state index >= 15 is 0 Å². The molecule has 20 heavy (non-hydrogen) atoms. The monoisotopic (exact) mass is 302 g/mol. The van der Waals surface area contributed by atoms with Crippen molar-refractivity contribution in [1.29, 1.82) is 0 Å². The number of carbonyl (C=O) groups is 1. The van der Waals surface area contributed by atoms with E-state index in [0.29, 0.717) is 24.4 Å². The minimum absolute atomic E-state index is 0.0915. The smallest absolute Gasteiger partial charge is 0.322 e. The molecule has 2 N–H and O–H groups in total. The zero-order valence-corrected chi connectivity index (χ0v) is 11.5. The highest BCUT2D eigenvalue weighted by molar-refractivity contribution is 8.00. The van der Waals surface area contributed by atoms with E-state index in [1.807, 2.05) is 0 Å². The number of anilines is 1. The first-order valence-corrected chi connectivity index (χ1v) is 6.73. The molecule has 1 aromatic carbocycles. The highest BCUT2D eigenvalue weighted by Crippen LogP contribution is 2.37. The van der Waals surface area contributed by atoms with Crippen LogP contribution in [0.4, 0.5) is 18.9 Å². The van der Waals surface area contributed by atoms with Crippen LogP contribution in [0, 0.1) is 0 Å². The molecule has 0 atom stereocenters. The van der Waals surface area contributed by atoms with Crippen LogP contribution in [0.25, 0.3) is 0 Å². The van der Waals surface area contributed by atoms with Crippen molar-refractivity contribution in [2.45, 2.75) is 17.3 Å². The fourth-order valence-electron chi connectivity index (χ4n) is 1.64. The lowest BCUT2D eigenvalue weighted by atomic mass is 10.0. The fourth-order valence-corrected chi connectivity index (χ4v) is 2.18. The first-order valence-electron chi connectivity index (χ1n) is 5.91. The number of carbonyl (C=O) groups excluding carboxylic acids is 1. The van der Waals surface area contributed by atoms with Gasteiger partial charge in [0.25, 0.3) is 5.91 Å². The van der Waals surface area contributed by atoms with Gasteiger partial charge in [0.15, 0.2) is 0 Å². The summed E-state index contributed by atoms with van der Waals surface area (Å²) in [6, 6.07) is 5.59. The van der Waals surface area contributed by atoms with E-state index in [1.165, 1.54) is 24.3 Å². The molecular weight excluding hydrogens is 289 g/mol. The van der Waals surface area contributed by atoms with E-state index < -0.39 is 5.51 Å². The Morgan fingerprint density at radius 1 is 1.25 bits per heavy atom. The molecule has 1 heterocycles. The summed E-state index contributed by atoms with van der Waals surface area (Å²) < 4.78 is 36.5. The van der Waals surface area contributed by atoms with Crippen LogP contribution in [0.15, 0.2) is 40.3 Å². The van der Waals surface area contributed by atoms with Crippen molar-refractivity contribution < 1.29 is 18.0 Å². The van der Waals surface area contributed by atoms with Crippen LogP contribution in [-0.4, -0.2) is 24.5 Å². The lowest BCUT2D eigenvalue weighted by Gasteiger charge is -2.21. The maximum atomic E-state index is 12.2. The highest BCUT2D eigenvalue weighted by atomic mass is 32.2. The van der Waals surface area contributed by atoms with Crippen molar-refractivity contribution in [3.05, 3.63) is 35.4 Å². The predicted molar refractivity (Wildman–Crippen MR) is 72.6 cm³/mol. The SMILES string of the molecule is CC(C(=O)Nc1ccc(SC(F)(F)F)cc1)=C1CNC1. The Hall–Kier alpha value is -1.47. The molecule has 1 saturated heterocycles. The highest BCUT2D eigenvalue weighted by Gasteiger charge is 2.29. The largest absolute Gasteiger partial charge is 0.446 e. The second kappa shape index (κ2) is 5.88. The van der Waals surface area contributed by atoms with E-state index in [1.54, 1.807) is 6.92 Å². The van der Waals surface area contributed by atoms with Crippen molar-refractivity contribution >= 4 is 23.4 Å². The van der Waals surface area contributed by atoms with E-state index in [9.17, 15) is 18.0 Å². The molecule has 0 aliphatic carbocycles. The van der Waals surface area contributed by atoms with Gasteiger partial charge in [-0.25, -0.2) is 0 Å². The number of amides is 1. The van der Waals surface area contributed by atoms with Crippen molar-refractivity contribution in [1.82, 2.24) is 5.32 Å². The Morgan fingerprint density at radius 2 is 1.85 bits per heavy atom. The van der Waals surface area contributed by atoms with Gasteiger partial charge in [-0.2, -0.15) is 13.2 Å². The van der Waals surface area contributed by atoms with Gasteiger partial charge in [0.2, 0.25) is 0 Å². The second-order valence-corrected chi connectivity index (χ2v) is 5.50. The molecule has 108 valence electrons. The van der Waals surface area contributed by atoms with Gasteiger partial charge in [-0.05, 0) is 48.5 Å². The van der Waals surface area contributed by atoms with Crippen LogP contribution >= 0.6 is 11.8 Å². The molecule has 0 spiro atoms. The van der Waals surface area contributed by atoms with Crippen LogP contribution in [0.1, 0.15) is 6.92 Å². The van der Waals surface area contributed by atoms with Crippen molar-refractivity contribution in [2.24, 2.45) is 0 Å². The Labute approximate surface area is 118 Å². The van der Waals surface area contributed by atoms with Gasteiger partial charge in [-0.1, -0.05) is 0 Å². The average molecular weight is 302 g/mol. The summed E-state index contributed by atoms with van der Waals surface area (Å²) in [7, 11) is 0. The van der Waals surface area contributed by atoms with Crippen LogP contribution in [0.5, 0.6) is 0 Å². The van der Waals surface area contributed by atoms with E-state index in [2.05, 4.69) is 10.6 Å². The molecule has 1 aromatic rings. The number of benzene rings is 1. The van der Waals surface area contributed by atoms with Crippen LogP contribution in [0.2, 0.25) is 0 Å². The quantitative estimate of drug-likeness (QED) is 0.665. The number of rotatable bonds is 3. The van der Waals surface area contributed by atoms with Gasteiger partial charge in [0.1, 0.15) is 0 Å². The molecule has 1 fully saturated rings. The second-order valence-electron chi connectivity index (χ2n) is 4.36. The summed E-state index contributed by atoms with van der Waals surface area (Å²) in [6.45, 7) is 3.15. The molecule has 0 saturated carbocycles. The zero-order chi connectivity index (χ0) is 14.8. The summed E-state index contributed by atoms with van der Waals surface area (Å²) in [4.78, 5) is 12.0. The number of thioether (sulfide) groups is 1. The number of nitrogens with one attached hydrogen (secondary N) is 2. The molecule has 0 aromatic heterocycles. The van der Waals surface area contributed by atoms with Gasteiger partial charge in [-0.15, -0.1) is 0 Å². The summed E-state index contributed by atoms with van der Waals surface area (Å²) >= 11 is -0.178. The molecule has 2 rings (SSSR count). The molecule has 1 amide bonds. The third-order valence-corrected chi connectivity index (χ3v) is 3.63. The first kappa shape index (κ1) is 14.9. The van der Waals surface area contributed by atoms with Crippen LogP contribution in [0.3, 0.4) is 0 Å². The van der Waals surface area contributed by atoms with Crippen molar-refractivity contribution in [2.75, 3.05) is 18.4 Å². The molecule has 0 bridgehead atoms. The van der Waals surface area contributed by atoms with E-state index in [-0.39, 0.29) is 22.6 Å². The number of halogens is 3. The van der Waals surface area contributed by atoms with Crippen molar-refractivity contribution in [3.8, 4) is 0 Å². The standard InChI is InChI=1S/C13H13F3N2OS/c1-8(9-6-17-7-9)12(19)18-10-2-4-11(5-3-10)20-13(14,15)16/h2-5,17H,6-7H2,1H3,(H,18,19). The first-order chi connectivity index (χ1) is 9.35. The lowest BCUT2D eigenvalue weighted by Crippen LogP contribution is -2.36. The number of hydrogen-bond acceptors (Lipinski definition) is 3. The van der Waals surface area contributed by atoms with Gasteiger partial charge in [-0.3, -0.25) is 4.79 Å². The summed E-state index contributed by atoms with van der Waals surface area (Å²) in [5, 5.41) is 5.71. The molecule has 0 unspecified atom stereocenters. The topological polar surface area (TPSA) is 41.1 Å². The van der Waals surface area contributed by atoms with E-state index in [4.69, 9.17) is 0 Å². The average Bonchev–Trinajstić information content (AvgIpc) is 2.27. The number of alkyl halides is 3. The third-order valence-electron chi connectivity index (χ3n) is 2.89. The Balaban J connectivity index is 1.99. The van der Waals surface area contributed by atoms with Gasteiger partial charge >= 0.3 is 5.51 Å². The Kier molecular flexibility index (Phi) is 4.39. The molecular formula is C13H13F3N2OS. The van der Waals surface area contributed by atoms with Gasteiger partial charge < -0.3 is 10.6 Å². The van der Waals surface area contributed by atoms with Gasteiger partial charge in [0.05, 0.1) is 0 Å². The van der Waals surface area contributed by atoms with Crippen LogP contribution < -0.4 is 10.6 Å². The Bertz CT molecular complexity index is 532. The van der Waals surface area contributed by atoms with Crippen molar-refractivity contribution in [3.63, 3.8) is 0 Å². The number of hydrogen-bond donors (Lipinski definition) is 2. The molecule has 1 aliphatic heterocycles. The normalized spacial score (nSPS) is 14.7. The van der Waals surface area contributed by atoms with Crippen LogP contribution in [-0.2, 0) is 4.79 Å². The molecule has 1 aliphatic rings. The third kappa shape index (κ3) is 4.01. The van der Waals surface area contributed by atoms with E-state index in [0.717, 1.165) is 5.57 Å². The maximum Gasteiger partial charge on any atom is 0.446 e.